The van der Waals surface area contributed by atoms with Gasteiger partial charge in [0.1, 0.15) is 0 Å². The van der Waals surface area contributed by atoms with Crippen LogP contribution in [0.4, 0.5) is 4.79 Å². The topological polar surface area (TPSA) is 58.2 Å². The van der Waals surface area contributed by atoms with Gasteiger partial charge >= 0.3 is 6.03 Å². The molecule has 1 rings (SSSR count). The SMILES string of the molecule is CCCNC(=O)NC(=O)CSC1CCCC1. The second-order valence-corrected chi connectivity index (χ2v) is 5.31. The lowest BCUT2D eigenvalue weighted by molar-refractivity contribution is -0.117. The summed E-state index contributed by atoms with van der Waals surface area (Å²) in [6.07, 6.45) is 5.84. The predicted octanol–water partition coefficient (Wildman–Crippen LogP) is 1.90. The average Bonchev–Trinajstić information content (AvgIpc) is 2.76. The predicted molar refractivity (Wildman–Crippen MR) is 66.5 cm³/mol. The lowest BCUT2D eigenvalue weighted by atomic mass is 10.4. The highest BCUT2D eigenvalue weighted by Gasteiger charge is 2.17. The molecule has 4 nitrogen and oxygen atoms in total. The van der Waals surface area contributed by atoms with Crippen LogP contribution < -0.4 is 10.6 Å². The van der Waals surface area contributed by atoms with E-state index in [4.69, 9.17) is 0 Å². The van der Waals surface area contributed by atoms with Crippen LogP contribution in [0.1, 0.15) is 39.0 Å². The third-order valence-corrected chi connectivity index (χ3v) is 3.91. The van der Waals surface area contributed by atoms with Gasteiger partial charge in [-0.25, -0.2) is 4.79 Å². The van der Waals surface area contributed by atoms with Crippen molar-refractivity contribution in [3.05, 3.63) is 0 Å². The van der Waals surface area contributed by atoms with E-state index in [1.807, 2.05) is 6.92 Å². The summed E-state index contributed by atoms with van der Waals surface area (Å²) < 4.78 is 0. The number of urea groups is 1. The molecular formula is C11H20N2O2S. The molecule has 1 aliphatic carbocycles. The van der Waals surface area contributed by atoms with Crippen LogP contribution in [0.3, 0.4) is 0 Å². The Morgan fingerprint density at radius 1 is 1.31 bits per heavy atom. The van der Waals surface area contributed by atoms with Gasteiger partial charge in [0.2, 0.25) is 5.91 Å². The van der Waals surface area contributed by atoms with Crippen LogP contribution in [-0.4, -0.2) is 29.5 Å². The van der Waals surface area contributed by atoms with Crippen molar-refractivity contribution in [1.82, 2.24) is 10.6 Å². The smallest absolute Gasteiger partial charge is 0.321 e. The Kier molecular flexibility index (Phi) is 6.30. The second-order valence-electron chi connectivity index (χ2n) is 4.02. The zero-order chi connectivity index (χ0) is 11.8. The average molecular weight is 244 g/mol. The van der Waals surface area contributed by atoms with Crippen LogP contribution in [0.2, 0.25) is 0 Å². The number of thioether (sulfide) groups is 1. The largest absolute Gasteiger partial charge is 0.338 e. The van der Waals surface area contributed by atoms with Gasteiger partial charge in [-0.3, -0.25) is 10.1 Å². The molecule has 0 aromatic rings. The third kappa shape index (κ3) is 5.39. The fourth-order valence-corrected chi connectivity index (χ4v) is 2.82. The summed E-state index contributed by atoms with van der Waals surface area (Å²) in [6.45, 7) is 2.58. The number of imide groups is 1. The van der Waals surface area contributed by atoms with Crippen molar-refractivity contribution >= 4 is 23.7 Å². The fourth-order valence-electron chi connectivity index (χ4n) is 1.69. The first-order valence-corrected chi connectivity index (χ1v) is 6.96. The molecule has 0 atom stereocenters. The summed E-state index contributed by atoms with van der Waals surface area (Å²) in [6, 6.07) is -0.376. The summed E-state index contributed by atoms with van der Waals surface area (Å²) in [7, 11) is 0. The van der Waals surface area contributed by atoms with Gasteiger partial charge in [-0.1, -0.05) is 19.8 Å². The van der Waals surface area contributed by atoms with Crippen LogP contribution in [-0.2, 0) is 4.79 Å². The zero-order valence-electron chi connectivity index (χ0n) is 9.75. The molecule has 3 amide bonds. The number of rotatable bonds is 5. The fraction of sp³-hybridized carbons (Fsp3) is 0.818. The molecule has 0 heterocycles. The molecule has 5 heteroatoms. The van der Waals surface area contributed by atoms with Crippen LogP contribution in [0.15, 0.2) is 0 Å². The van der Waals surface area contributed by atoms with Gasteiger partial charge < -0.3 is 5.32 Å². The van der Waals surface area contributed by atoms with Crippen molar-refractivity contribution in [3.63, 3.8) is 0 Å². The molecular weight excluding hydrogens is 224 g/mol. The Hall–Kier alpha value is -0.710. The van der Waals surface area contributed by atoms with Crippen molar-refractivity contribution in [3.8, 4) is 0 Å². The first kappa shape index (κ1) is 13.4. The van der Waals surface area contributed by atoms with Gasteiger partial charge in [0.15, 0.2) is 0 Å². The molecule has 2 N–H and O–H groups in total. The van der Waals surface area contributed by atoms with Crippen LogP contribution in [0.25, 0.3) is 0 Å². The minimum absolute atomic E-state index is 0.189. The van der Waals surface area contributed by atoms with Gasteiger partial charge in [0, 0.05) is 11.8 Å². The van der Waals surface area contributed by atoms with Gasteiger partial charge in [-0.15, -0.1) is 11.8 Å². The first-order chi connectivity index (χ1) is 7.72. The summed E-state index contributed by atoms with van der Waals surface area (Å²) in [5, 5.41) is 5.56. The molecule has 0 aromatic carbocycles. The molecule has 0 aromatic heterocycles. The van der Waals surface area contributed by atoms with Crippen molar-refractivity contribution in [2.24, 2.45) is 0 Å². The van der Waals surface area contributed by atoms with E-state index in [2.05, 4.69) is 10.6 Å². The quantitative estimate of drug-likeness (QED) is 0.776. The van der Waals surface area contributed by atoms with Crippen LogP contribution >= 0.6 is 11.8 Å². The summed E-state index contributed by atoms with van der Waals surface area (Å²) in [4.78, 5) is 22.5. The third-order valence-electron chi connectivity index (χ3n) is 2.54. The molecule has 92 valence electrons. The highest BCUT2D eigenvalue weighted by molar-refractivity contribution is 8.00. The Balaban J connectivity index is 2.07. The van der Waals surface area contributed by atoms with Gasteiger partial charge in [-0.2, -0.15) is 0 Å². The van der Waals surface area contributed by atoms with E-state index < -0.39 is 0 Å². The molecule has 0 radical (unpaired) electrons. The van der Waals surface area contributed by atoms with Crippen molar-refractivity contribution in [2.45, 2.75) is 44.3 Å². The highest BCUT2D eigenvalue weighted by Crippen LogP contribution is 2.28. The molecule has 0 spiro atoms. The monoisotopic (exact) mass is 244 g/mol. The van der Waals surface area contributed by atoms with E-state index in [1.54, 1.807) is 11.8 Å². The number of hydrogen-bond donors (Lipinski definition) is 2. The summed E-state index contributed by atoms with van der Waals surface area (Å²) in [5.41, 5.74) is 0. The maximum atomic E-state index is 11.4. The zero-order valence-corrected chi connectivity index (χ0v) is 10.6. The molecule has 16 heavy (non-hydrogen) atoms. The van der Waals surface area contributed by atoms with E-state index in [1.165, 1.54) is 25.7 Å². The summed E-state index contributed by atoms with van der Waals surface area (Å²) >= 11 is 1.67. The van der Waals surface area contributed by atoms with Gasteiger partial charge in [-0.05, 0) is 19.3 Å². The maximum Gasteiger partial charge on any atom is 0.321 e. The second kappa shape index (κ2) is 7.54. The lowest BCUT2D eigenvalue weighted by Crippen LogP contribution is -2.40. The molecule has 0 unspecified atom stereocenters. The molecule has 1 aliphatic rings. The molecule has 0 bridgehead atoms. The lowest BCUT2D eigenvalue weighted by Gasteiger charge is -2.08. The number of nitrogens with one attached hydrogen (secondary N) is 2. The van der Waals surface area contributed by atoms with E-state index >= 15 is 0 Å². The molecule has 0 aliphatic heterocycles. The molecule has 1 fully saturated rings. The van der Waals surface area contributed by atoms with Gasteiger partial charge in [0.25, 0.3) is 0 Å². The van der Waals surface area contributed by atoms with E-state index in [-0.39, 0.29) is 11.9 Å². The number of carbonyl (C=O) groups excluding carboxylic acids is 2. The summed E-state index contributed by atoms with van der Waals surface area (Å²) in [5.74, 6) is 0.204. The Labute approximate surface area is 101 Å². The van der Waals surface area contributed by atoms with Crippen molar-refractivity contribution in [2.75, 3.05) is 12.3 Å². The minimum Gasteiger partial charge on any atom is -0.338 e. The van der Waals surface area contributed by atoms with Crippen LogP contribution in [0, 0.1) is 0 Å². The van der Waals surface area contributed by atoms with E-state index in [0.29, 0.717) is 17.5 Å². The normalized spacial score (nSPS) is 16.1. The highest BCUT2D eigenvalue weighted by atomic mass is 32.2. The van der Waals surface area contributed by atoms with Crippen LogP contribution in [0.5, 0.6) is 0 Å². The first-order valence-electron chi connectivity index (χ1n) is 5.91. The Morgan fingerprint density at radius 2 is 2.00 bits per heavy atom. The molecule has 0 saturated heterocycles. The van der Waals surface area contributed by atoms with Gasteiger partial charge in [0.05, 0.1) is 5.75 Å². The number of amides is 3. The Bertz CT molecular complexity index is 240. The number of carbonyl (C=O) groups is 2. The van der Waals surface area contributed by atoms with Crippen molar-refractivity contribution in [1.29, 1.82) is 0 Å². The van der Waals surface area contributed by atoms with E-state index in [0.717, 1.165) is 6.42 Å². The minimum atomic E-state index is -0.376. The molecule has 1 saturated carbocycles. The van der Waals surface area contributed by atoms with E-state index in [9.17, 15) is 9.59 Å². The number of hydrogen-bond acceptors (Lipinski definition) is 3. The Morgan fingerprint density at radius 3 is 2.62 bits per heavy atom. The van der Waals surface area contributed by atoms with Crippen molar-refractivity contribution < 1.29 is 9.59 Å². The standard InChI is InChI=1S/C11H20N2O2S/c1-2-7-12-11(15)13-10(14)8-16-9-5-3-4-6-9/h9H,2-8H2,1H3,(H2,12,13,14,15). The maximum absolute atomic E-state index is 11.4.